The normalized spacial score (nSPS) is 10.9. The maximum absolute atomic E-state index is 12.8. The highest BCUT2D eigenvalue weighted by Gasteiger charge is 2.17. The number of rotatable bonds is 6. The Morgan fingerprint density at radius 2 is 1.72 bits per heavy atom. The Bertz CT molecular complexity index is 1130. The molecule has 0 saturated carbocycles. The number of hydrogen-bond acceptors (Lipinski definition) is 3. The van der Waals surface area contributed by atoms with Crippen LogP contribution < -0.4 is 11.0 Å². The smallest absolute Gasteiger partial charge is 0.329 e. The van der Waals surface area contributed by atoms with Crippen molar-refractivity contribution in [3.8, 4) is 0 Å². The monoisotopic (exact) mass is 414 g/mol. The van der Waals surface area contributed by atoms with E-state index in [4.69, 9.17) is 11.6 Å². The average molecular weight is 415 g/mol. The zero-order valence-corrected chi connectivity index (χ0v) is 17.4. The molecule has 3 rings (SSSR count). The third-order valence-corrected chi connectivity index (χ3v) is 4.90. The first-order valence-corrected chi connectivity index (χ1v) is 9.70. The van der Waals surface area contributed by atoms with Gasteiger partial charge in [-0.05, 0) is 36.8 Å². The molecule has 0 spiro atoms. The minimum absolute atomic E-state index is 0.155. The standard InChI is InChI=1S/C21H23ClN4O3/c1-4-11-25-17-7-5-6-8-18(17)26(21(25)29)13-19(27)23-16-12-14(9-10-15(16)22)20(28)24(2)3/h5-10,12H,4,11,13H2,1-3H3,(H,23,27). The van der Waals surface area contributed by atoms with Gasteiger partial charge in [0.2, 0.25) is 5.91 Å². The lowest BCUT2D eigenvalue weighted by Gasteiger charge is -2.13. The number of para-hydroxylation sites is 2. The number of aromatic nitrogens is 2. The number of fused-ring (bicyclic) bond motifs is 1. The zero-order chi connectivity index (χ0) is 21.1. The van der Waals surface area contributed by atoms with E-state index in [2.05, 4.69) is 5.32 Å². The Kier molecular flexibility index (Phi) is 6.08. The van der Waals surface area contributed by atoms with E-state index in [-0.39, 0.29) is 18.1 Å². The number of amides is 2. The second kappa shape index (κ2) is 8.53. The van der Waals surface area contributed by atoms with Gasteiger partial charge in [-0.2, -0.15) is 0 Å². The van der Waals surface area contributed by atoms with Gasteiger partial charge in [-0.25, -0.2) is 4.79 Å². The Balaban J connectivity index is 1.89. The van der Waals surface area contributed by atoms with Crippen LogP contribution in [-0.2, 0) is 17.9 Å². The third kappa shape index (κ3) is 4.19. The van der Waals surface area contributed by atoms with E-state index in [0.717, 1.165) is 11.9 Å². The second-order valence-electron chi connectivity index (χ2n) is 6.95. The fourth-order valence-electron chi connectivity index (χ4n) is 3.21. The largest absolute Gasteiger partial charge is 0.345 e. The van der Waals surface area contributed by atoms with Gasteiger partial charge in [0.25, 0.3) is 5.91 Å². The summed E-state index contributed by atoms with van der Waals surface area (Å²) in [6, 6.07) is 12.1. The first-order valence-electron chi connectivity index (χ1n) is 9.32. The van der Waals surface area contributed by atoms with Crippen LogP contribution in [0.3, 0.4) is 0 Å². The lowest BCUT2D eigenvalue weighted by Crippen LogP contribution is -2.29. The molecule has 7 nitrogen and oxygen atoms in total. The lowest BCUT2D eigenvalue weighted by molar-refractivity contribution is -0.116. The van der Waals surface area contributed by atoms with E-state index in [0.29, 0.717) is 28.3 Å². The number of anilines is 1. The number of benzene rings is 2. The van der Waals surface area contributed by atoms with E-state index in [1.807, 2.05) is 31.2 Å². The molecule has 3 aromatic rings. The minimum atomic E-state index is -0.400. The molecule has 0 unspecified atom stereocenters. The molecule has 1 aromatic heterocycles. The van der Waals surface area contributed by atoms with Gasteiger partial charge in [0.1, 0.15) is 6.54 Å². The Hall–Kier alpha value is -3.06. The van der Waals surface area contributed by atoms with Gasteiger partial charge >= 0.3 is 5.69 Å². The molecule has 0 atom stereocenters. The molecule has 2 amide bonds. The number of halogens is 1. The molecule has 0 aliphatic carbocycles. The van der Waals surface area contributed by atoms with Crippen LogP contribution in [0, 0.1) is 0 Å². The number of nitrogens with zero attached hydrogens (tertiary/aromatic N) is 3. The summed E-state index contributed by atoms with van der Waals surface area (Å²) < 4.78 is 3.12. The minimum Gasteiger partial charge on any atom is -0.345 e. The van der Waals surface area contributed by atoms with Crippen LogP contribution >= 0.6 is 11.6 Å². The molecule has 152 valence electrons. The molecule has 1 N–H and O–H groups in total. The molecule has 0 saturated heterocycles. The SMILES string of the molecule is CCCn1c(=O)n(CC(=O)Nc2cc(C(=O)N(C)C)ccc2Cl)c2ccccc21. The number of carbonyl (C=O) groups is 2. The maximum atomic E-state index is 12.8. The van der Waals surface area contributed by atoms with Gasteiger partial charge in [-0.3, -0.25) is 18.7 Å². The highest BCUT2D eigenvalue weighted by Crippen LogP contribution is 2.24. The van der Waals surface area contributed by atoms with Crippen LogP contribution in [0.15, 0.2) is 47.3 Å². The van der Waals surface area contributed by atoms with Crippen molar-refractivity contribution in [3.63, 3.8) is 0 Å². The molecule has 29 heavy (non-hydrogen) atoms. The number of aryl methyl sites for hydroxylation is 1. The van der Waals surface area contributed by atoms with Gasteiger partial charge in [-0.1, -0.05) is 30.7 Å². The van der Waals surface area contributed by atoms with E-state index >= 15 is 0 Å². The lowest BCUT2D eigenvalue weighted by atomic mass is 10.2. The number of carbonyl (C=O) groups excluding carboxylic acids is 2. The average Bonchev–Trinajstić information content (AvgIpc) is 2.95. The van der Waals surface area contributed by atoms with Crippen LogP contribution in [0.1, 0.15) is 23.7 Å². The predicted molar refractivity (Wildman–Crippen MR) is 115 cm³/mol. The van der Waals surface area contributed by atoms with Crippen molar-refractivity contribution in [2.75, 3.05) is 19.4 Å². The summed E-state index contributed by atoms with van der Waals surface area (Å²) in [4.78, 5) is 39.1. The molecule has 0 aliphatic heterocycles. The zero-order valence-electron chi connectivity index (χ0n) is 16.6. The molecular formula is C21H23ClN4O3. The highest BCUT2D eigenvalue weighted by atomic mass is 35.5. The second-order valence-corrected chi connectivity index (χ2v) is 7.36. The Morgan fingerprint density at radius 3 is 2.34 bits per heavy atom. The van der Waals surface area contributed by atoms with E-state index in [1.165, 1.54) is 15.5 Å². The van der Waals surface area contributed by atoms with Crippen molar-refractivity contribution in [3.05, 3.63) is 63.5 Å². The van der Waals surface area contributed by atoms with Crippen molar-refractivity contribution < 1.29 is 9.59 Å². The van der Waals surface area contributed by atoms with Gasteiger partial charge in [0, 0.05) is 26.2 Å². The van der Waals surface area contributed by atoms with Crippen molar-refractivity contribution in [1.29, 1.82) is 0 Å². The van der Waals surface area contributed by atoms with Crippen LogP contribution in [0.4, 0.5) is 5.69 Å². The van der Waals surface area contributed by atoms with Crippen LogP contribution in [0.2, 0.25) is 5.02 Å². The Labute approximate surface area is 173 Å². The molecule has 0 fully saturated rings. The number of nitrogens with one attached hydrogen (secondary N) is 1. The summed E-state index contributed by atoms with van der Waals surface area (Å²) in [5.74, 6) is -0.598. The van der Waals surface area contributed by atoms with E-state index < -0.39 is 5.91 Å². The van der Waals surface area contributed by atoms with Gasteiger partial charge in [-0.15, -0.1) is 0 Å². The van der Waals surface area contributed by atoms with Gasteiger partial charge in [0.05, 0.1) is 21.7 Å². The van der Waals surface area contributed by atoms with E-state index in [1.54, 1.807) is 30.8 Å². The summed E-state index contributed by atoms with van der Waals surface area (Å²) in [7, 11) is 3.29. The molecule has 2 aromatic carbocycles. The summed E-state index contributed by atoms with van der Waals surface area (Å²) in [6.45, 7) is 2.42. The van der Waals surface area contributed by atoms with Crippen molar-refractivity contribution in [1.82, 2.24) is 14.0 Å². The summed E-state index contributed by atoms with van der Waals surface area (Å²) in [6.07, 6.45) is 0.808. The Morgan fingerprint density at radius 1 is 1.07 bits per heavy atom. The van der Waals surface area contributed by atoms with Crippen LogP contribution in [0.5, 0.6) is 0 Å². The fourth-order valence-corrected chi connectivity index (χ4v) is 3.38. The summed E-state index contributed by atoms with van der Waals surface area (Å²) >= 11 is 6.19. The van der Waals surface area contributed by atoms with Gasteiger partial charge < -0.3 is 10.2 Å². The van der Waals surface area contributed by atoms with Crippen LogP contribution in [0.25, 0.3) is 11.0 Å². The molecule has 1 heterocycles. The van der Waals surface area contributed by atoms with Gasteiger partial charge in [0.15, 0.2) is 0 Å². The molecule has 8 heteroatoms. The van der Waals surface area contributed by atoms with Crippen molar-refractivity contribution >= 4 is 40.1 Å². The fraction of sp³-hybridized carbons (Fsp3) is 0.286. The quantitative estimate of drug-likeness (QED) is 0.672. The molecule has 0 bridgehead atoms. The molecular weight excluding hydrogens is 392 g/mol. The maximum Gasteiger partial charge on any atom is 0.329 e. The summed E-state index contributed by atoms with van der Waals surface area (Å²) in [5.41, 5.74) is 2.00. The topological polar surface area (TPSA) is 76.3 Å². The molecule has 0 radical (unpaired) electrons. The number of hydrogen-bond donors (Lipinski definition) is 1. The summed E-state index contributed by atoms with van der Waals surface area (Å²) in [5, 5.41) is 3.03. The highest BCUT2D eigenvalue weighted by molar-refractivity contribution is 6.33. The number of imidazole rings is 1. The third-order valence-electron chi connectivity index (χ3n) is 4.57. The van der Waals surface area contributed by atoms with Crippen LogP contribution in [-0.4, -0.2) is 39.9 Å². The van der Waals surface area contributed by atoms with E-state index in [9.17, 15) is 14.4 Å². The predicted octanol–water partition coefficient (Wildman–Crippen LogP) is 3.21. The first kappa shape index (κ1) is 20.7. The van der Waals surface area contributed by atoms with Crippen molar-refractivity contribution in [2.24, 2.45) is 0 Å². The van der Waals surface area contributed by atoms with Crippen molar-refractivity contribution in [2.45, 2.75) is 26.4 Å². The molecule has 0 aliphatic rings. The first-order chi connectivity index (χ1) is 13.8.